The third-order valence-electron chi connectivity index (χ3n) is 7.66. The van der Waals surface area contributed by atoms with Gasteiger partial charge in [-0.05, 0) is 67.1 Å². The largest absolute Gasteiger partial charge is 0.496 e. The molecule has 1 aliphatic carbocycles. The van der Waals surface area contributed by atoms with Gasteiger partial charge >= 0.3 is 12.1 Å². The molecule has 1 aliphatic rings. The molecule has 5 rings (SSSR count). The van der Waals surface area contributed by atoms with Crippen molar-refractivity contribution >= 4 is 23.5 Å². The summed E-state index contributed by atoms with van der Waals surface area (Å²) in [6, 6.07) is 22.0. The van der Waals surface area contributed by atoms with E-state index in [1.165, 1.54) is 19.2 Å². The predicted molar refractivity (Wildman–Crippen MR) is 174 cm³/mol. The van der Waals surface area contributed by atoms with Crippen LogP contribution in [0.5, 0.6) is 5.75 Å². The van der Waals surface area contributed by atoms with Crippen LogP contribution >= 0.6 is 0 Å². The van der Waals surface area contributed by atoms with Crippen LogP contribution in [0, 0.1) is 5.92 Å². The number of alkyl carbamates (subject to hydrolysis) is 1. The van der Waals surface area contributed by atoms with Crippen LogP contribution < -0.4 is 20.7 Å². The third-order valence-corrected chi connectivity index (χ3v) is 7.66. The minimum absolute atomic E-state index is 0.251. The normalized spacial score (nSPS) is 13.2. The number of nitrogens with zero attached hydrogens (tertiary/aromatic N) is 2. The summed E-state index contributed by atoms with van der Waals surface area (Å²) in [7, 11) is 1.55. The fraction of sp³-hybridized carbons (Fsp3) is 0.343. The zero-order chi connectivity index (χ0) is 31.4. The van der Waals surface area contributed by atoms with Crippen LogP contribution in [-0.2, 0) is 11.3 Å². The van der Waals surface area contributed by atoms with E-state index < -0.39 is 12.1 Å². The first-order valence-electron chi connectivity index (χ1n) is 15.5. The van der Waals surface area contributed by atoms with Crippen molar-refractivity contribution in [2.24, 2.45) is 5.92 Å². The Morgan fingerprint density at radius 1 is 1.00 bits per heavy atom. The number of hydrogen-bond acceptors (Lipinski definition) is 7. The molecule has 3 amide bonds. The van der Waals surface area contributed by atoms with E-state index in [-0.39, 0.29) is 12.6 Å². The van der Waals surface area contributed by atoms with Crippen molar-refractivity contribution in [2.75, 3.05) is 37.4 Å². The molecule has 3 N–H and O–H groups in total. The summed E-state index contributed by atoms with van der Waals surface area (Å²) in [4.78, 5) is 32.1. The van der Waals surface area contributed by atoms with Crippen molar-refractivity contribution in [3.05, 3.63) is 96.5 Å². The second-order valence-electron chi connectivity index (χ2n) is 11.3. The summed E-state index contributed by atoms with van der Waals surface area (Å²) in [6.45, 7) is 5.50. The number of benzene rings is 3. The zero-order valence-corrected chi connectivity index (χ0v) is 25.8. The van der Waals surface area contributed by atoms with Crippen LogP contribution in [-0.4, -0.2) is 48.8 Å². The summed E-state index contributed by atoms with van der Waals surface area (Å²) in [6.07, 6.45) is 6.59. The van der Waals surface area contributed by atoms with E-state index in [1.54, 1.807) is 37.6 Å². The Morgan fingerprint density at radius 3 is 2.51 bits per heavy atom. The highest BCUT2D eigenvalue weighted by atomic mass is 16.6. The zero-order valence-electron chi connectivity index (χ0n) is 25.8. The van der Waals surface area contributed by atoms with Crippen LogP contribution in [0.1, 0.15) is 49.8 Å². The molecule has 1 unspecified atom stereocenters. The number of nitrogens with one attached hydrogen (secondary N) is 3. The number of aromatic nitrogens is 1. The summed E-state index contributed by atoms with van der Waals surface area (Å²) >= 11 is 0. The molecule has 0 aliphatic heterocycles. The van der Waals surface area contributed by atoms with E-state index in [0.717, 1.165) is 55.1 Å². The number of anilines is 2. The van der Waals surface area contributed by atoms with Crippen LogP contribution in [0.3, 0.4) is 0 Å². The molecule has 1 saturated carbocycles. The first-order valence-corrected chi connectivity index (χ1v) is 15.5. The van der Waals surface area contributed by atoms with E-state index in [4.69, 9.17) is 13.9 Å². The van der Waals surface area contributed by atoms with E-state index in [2.05, 4.69) is 32.8 Å². The second-order valence-corrected chi connectivity index (χ2v) is 11.3. The number of ether oxygens (including phenoxy) is 2. The number of methoxy groups -OCH3 is 1. The fourth-order valence-electron chi connectivity index (χ4n) is 5.26. The number of carbonyl (C=O) groups excluding carboxylic acids is 2. The molecule has 4 aromatic rings. The van der Waals surface area contributed by atoms with E-state index in [9.17, 15) is 9.59 Å². The monoisotopic (exact) mass is 611 g/mol. The van der Waals surface area contributed by atoms with Gasteiger partial charge in [-0.25, -0.2) is 14.6 Å². The summed E-state index contributed by atoms with van der Waals surface area (Å²) in [5.74, 6) is 1.92. The maximum atomic E-state index is 12.9. The molecular formula is C35H41N5O5. The Labute approximate surface area is 264 Å². The first kappa shape index (κ1) is 31.6. The average molecular weight is 612 g/mol. The lowest BCUT2D eigenvalue weighted by molar-refractivity contribution is 0.0830. The van der Waals surface area contributed by atoms with Crippen LogP contribution in [0.15, 0.2) is 89.8 Å². The maximum Gasteiger partial charge on any atom is 0.408 e. The van der Waals surface area contributed by atoms with Gasteiger partial charge in [0.1, 0.15) is 11.9 Å². The molecule has 1 aromatic heterocycles. The summed E-state index contributed by atoms with van der Waals surface area (Å²) in [5, 5.41) is 8.53. The van der Waals surface area contributed by atoms with Crippen molar-refractivity contribution in [1.82, 2.24) is 15.2 Å². The third kappa shape index (κ3) is 9.58. The molecule has 0 bridgehead atoms. The van der Waals surface area contributed by atoms with Crippen molar-refractivity contribution in [1.29, 1.82) is 0 Å². The quantitative estimate of drug-likeness (QED) is 0.128. The van der Waals surface area contributed by atoms with Crippen LogP contribution in [0.25, 0.3) is 11.3 Å². The number of rotatable bonds is 15. The average Bonchev–Trinajstić information content (AvgIpc) is 3.70. The smallest absolute Gasteiger partial charge is 0.408 e. The fourth-order valence-corrected chi connectivity index (χ4v) is 5.26. The Kier molecular flexibility index (Phi) is 11.1. The Balaban J connectivity index is 1.13. The summed E-state index contributed by atoms with van der Waals surface area (Å²) < 4.78 is 16.8. The van der Waals surface area contributed by atoms with Crippen molar-refractivity contribution in [3.8, 4) is 17.1 Å². The second kappa shape index (κ2) is 15.8. The minimum atomic E-state index is -0.480. The molecular weight excluding hydrogens is 570 g/mol. The van der Waals surface area contributed by atoms with Gasteiger partial charge < -0.3 is 34.7 Å². The van der Waals surface area contributed by atoms with Gasteiger partial charge in [-0.1, -0.05) is 49.4 Å². The molecule has 10 heteroatoms. The maximum absolute atomic E-state index is 12.9. The van der Waals surface area contributed by atoms with Crippen molar-refractivity contribution < 1.29 is 23.5 Å². The summed E-state index contributed by atoms with van der Waals surface area (Å²) in [5.41, 5.74) is 3.66. The standard InChI is InChI=1S/C35H41N5O5/c1-3-17-40(23-25-12-13-25)18-16-31(27-9-5-4-6-10-27)45-35(42)37-21-26-8-7-11-28(19-26)38-34(41)39-29-14-15-30(32(20-29)43-2)33-22-36-24-44-33/h4-11,14-15,19-20,22,24-25,31H,3,12-13,16-18,21,23H2,1-2H3,(H,37,42)(H2,38,39,41). The molecule has 10 nitrogen and oxygen atoms in total. The highest BCUT2D eigenvalue weighted by Crippen LogP contribution is 2.33. The number of amides is 3. The first-order chi connectivity index (χ1) is 22.0. The van der Waals surface area contributed by atoms with E-state index >= 15 is 0 Å². The van der Waals surface area contributed by atoms with Gasteiger partial charge in [0.25, 0.3) is 0 Å². The Bertz CT molecular complexity index is 1520. The van der Waals surface area contributed by atoms with Gasteiger partial charge in [0.05, 0.1) is 18.9 Å². The lowest BCUT2D eigenvalue weighted by atomic mass is 10.1. The van der Waals surface area contributed by atoms with Crippen LogP contribution in [0.2, 0.25) is 0 Å². The van der Waals surface area contributed by atoms with Crippen LogP contribution in [0.4, 0.5) is 21.0 Å². The lowest BCUT2D eigenvalue weighted by Crippen LogP contribution is -2.31. The molecule has 0 spiro atoms. The van der Waals surface area contributed by atoms with Crippen molar-refractivity contribution in [3.63, 3.8) is 0 Å². The van der Waals surface area contributed by atoms with E-state index in [0.29, 0.717) is 22.9 Å². The predicted octanol–water partition coefficient (Wildman–Crippen LogP) is 7.47. The Morgan fingerprint density at radius 2 is 1.80 bits per heavy atom. The molecule has 0 saturated heterocycles. The van der Waals surface area contributed by atoms with Gasteiger partial charge in [-0.2, -0.15) is 0 Å². The molecule has 236 valence electrons. The van der Waals surface area contributed by atoms with Gasteiger partial charge in [0.2, 0.25) is 0 Å². The number of urea groups is 1. The lowest BCUT2D eigenvalue weighted by Gasteiger charge is -2.25. The topological polar surface area (TPSA) is 118 Å². The number of hydrogen-bond donors (Lipinski definition) is 3. The van der Waals surface area contributed by atoms with Gasteiger partial charge in [-0.15, -0.1) is 0 Å². The molecule has 0 radical (unpaired) electrons. The van der Waals surface area contributed by atoms with E-state index in [1.807, 2.05) is 48.5 Å². The minimum Gasteiger partial charge on any atom is -0.496 e. The molecule has 1 atom stereocenters. The number of carbonyl (C=O) groups is 2. The highest BCUT2D eigenvalue weighted by molar-refractivity contribution is 6.00. The SMILES string of the molecule is CCCN(CCC(OC(=O)NCc1cccc(NC(=O)Nc2ccc(-c3cnco3)c(OC)c2)c1)c1ccccc1)CC1CC1. The molecule has 45 heavy (non-hydrogen) atoms. The number of oxazole rings is 1. The molecule has 1 heterocycles. The highest BCUT2D eigenvalue weighted by Gasteiger charge is 2.25. The van der Waals surface area contributed by atoms with Gasteiger partial charge in [-0.3, -0.25) is 0 Å². The Hall–Kier alpha value is -4.83. The van der Waals surface area contributed by atoms with Crippen molar-refractivity contribution in [2.45, 2.75) is 45.3 Å². The molecule has 1 fully saturated rings. The molecule has 3 aromatic carbocycles. The van der Waals surface area contributed by atoms with Gasteiger partial charge in [0.15, 0.2) is 12.2 Å². The van der Waals surface area contributed by atoms with Gasteiger partial charge in [0, 0.05) is 43.5 Å².